The fraction of sp³-hybridized carbons (Fsp3) is 0.500. The molecule has 3 rings (SSSR count). The van der Waals surface area contributed by atoms with Crippen LogP contribution in [0.1, 0.15) is 62.9 Å². The number of hydrogen-bond donors (Lipinski definition) is 1. The molecular formula is C28H36F2N2O5. The number of carbonyl (C=O) groups excluding carboxylic acids is 2. The molecule has 2 aromatic carbocycles. The Morgan fingerprint density at radius 3 is 2.24 bits per heavy atom. The zero-order valence-electron chi connectivity index (χ0n) is 22.5. The van der Waals surface area contributed by atoms with Gasteiger partial charge >= 0.3 is 6.09 Å². The summed E-state index contributed by atoms with van der Waals surface area (Å²) >= 11 is 0. The number of ether oxygens (including phenoxy) is 3. The third-order valence-electron chi connectivity index (χ3n) is 6.11. The zero-order valence-corrected chi connectivity index (χ0v) is 22.5. The monoisotopic (exact) mass is 518 g/mol. The van der Waals surface area contributed by atoms with Gasteiger partial charge in [0.1, 0.15) is 23.3 Å². The van der Waals surface area contributed by atoms with E-state index in [4.69, 9.17) is 14.2 Å². The van der Waals surface area contributed by atoms with E-state index < -0.39 is 40.7 Å². The van der Waals surface area contributed by atoms with Crippen LogP contribution < -0.4 is 5.32 Å². The van der Waals surface area contributed by atoms with Crippen molar-refractivity contribution in [3.8, 4) is 0 Å². The van der Waals surface area contributed by atoms with Crippen LogP contribution in [0.2, 0.25) is 0 Å². The van der Waals surface area contributed by atoms with E-state index in [1.54, 1.807) is 47.8 Å². The second-order valence-corrected chi connectivity index (χ2v) is 10.9. The summed E-state index contributed by atoms with van der Waals surface area (Å²) < 4.78 is 45.9. The first-order chi connectivity index (χ1) is 17.3. The van der Waals surface area contributed by atoms with Crippen LogP contribution in [-0.4, -0.2) is 49.9 Å². The minimum atomic E-state index is -1.05. The standard InChI is InChI=1S/C28H36F2N2O5/c1-27(2,3)37-26(34)32-11-10-18-12-17(15-35-6)8-9-20(18)24(32)25(33)31-19-13-21(29)23(22(30)14-19)28(4,5)16-36-7/h8-9,12-14,24H,10-11,15-16H2,1-7H3,(H,31,33). The van der Waals surface area contributed by atoms with Gasteiger partial charge in [-0.3, -0.25) is 9.69 Å². The smallest absolute Gasteiger partial charge is 0.411 e. The first kappa shape index (κ1) is 28.5. The molecule has 0 aliphatic carbocycles. The largest absolute Gasteiger partial charge is 0.444 e. The summed E-state index contributed by atoms with van der Waals surface area (Å²) in [7, 11) is 3.06. The van der Waals surface area contributed by atoms with Crippen LogP contribution in [0.5, 0.6) is 0 Å². The molecule has 1 aliphatic rings. The van der Waals surface area contributed by atoms with E-state index in [0.717, 1.165) is 23.3 Å². The molecule has 1 aliphatic heterocycles. The van der Waals surface area contributed by atoms with Crippen LogP contribution in [0.15, 0.2) is 30.3 Å². The highest BCUT2D eigenvalue weighted by Gasteiger charge is 2.38. The van der Waals surface area contributed by atoms with Gasteiger partial charge in [0, 0.05) is 37.4 Å². The molecule has 0 spiro atoms. The van der Waals surface area contributed by atoms with Gasteiger partial charge in [0.15, 0.2) is 0 Å². The van der Waals surface area contributed by atoms with Crippen LogP contribution in [0.4, 0.5) is 19.3 Å². The Kier molecular flexibility index (Phi) is 8.59. The average Bonchev–Trinajstić information content (AvgIpc) is 2.76. The first-order valence-electron chi connectivity index (χ1n) is 12.2. The molecule has 1 unspecified atom stereocenters. The number of amides is 2. The Hall–Kier alpha value is -3.04. The van der Waals surface area contributed by atoms with E-state index in [9.17, 15) is 9.59 Å². The number of methoxy groups -OCH3 is 2. The molecule has 1 heterocycles. The third kappa shape index (κ3) is 6.64. The molecule has 9 heteroatoms. The topological polar surface area (TPSA) is 77.1 Å². The van der Waals surface area contributed by atoms with Crippen molar-refractivity contribution in [2.24, 2.45) is 0 Å². The number of nitrogens with zero attached hydrogens (tertiary/aromatic N) is 1. The molecular weight excluding hydrogens is 482 g/mol. The first-order valence-corrected chi connectivity index (χ1v) is 12.2. The molecule has 7 nitrogen and oxygen atoms in total. The normalized spacial score (nSPS) is 15.8. The summed E-state index contributed by atoms with van der Waals surface area (Å²) in [6.07, 6.45) is -0.129. The SMILES string of the molecule is COCc1ccc2c(c1)CCN(C(=O)OC(C)(C)C)C2C(=O)Nc1cc(F)c(C(C)(C)COC)c(F)c1. The maximum atomic E-state index is 15.0. The molecule has 0 saturated heterocycles. The lowest BCUT2D eigenvalue weighted by atomic mass is 9.84. The number of fused-ring (bicyclic) bond motifs is 1. The summed E-state index contributed by atoms with van der Waals surface area (Å²) in [6, 6.07) is 6.66. The van der Waals surface area contributed by atoms with Gasteiger partial charge in [0.05, 0.1) is 13.2 Å². The van der Waals surface area contributed by atoms with Gasteiger partial charge in [-0.1, -0.05) is 32.0 Å². The molecule has 37 heavy (non-hydrogen) atoms. The Balaban J connectivity index is 1.97. The van der Waals surface area contributed by atoms with E-state index in [1.807, 2.05) is 12.1 Å². The van der Waals surface area contributed by atoms with Crippen molar-refractivity contribution in [2.45, 2.75) is 64.7 Å². The van der Waals surface area contributed by atoms with Crippen molar-refractivity contribution < 1.29 is 32.6 Å². The lowest BCUT2D eigenvalue weighted by Crippen LogP contribution is -2.47. The van der Waals surface area contributed by atoms with Crippen molar-refractivity contribution in [2.75, 3.05) is 32.7 Å². The van der Waals surface area contributed by atoms with Gasteiger partial charge in [0.2, 0.25) is 0 Å². The lowest BCUT2D eigenvalue weighted by Gasteiger charge is -2.37. The molecule has 0 saturated carbocycles. The highest BCUT2D eigenvalue weighted by Crippen LogP contribution is 2.35. The molecule has 0 bridgehead atoms. The van der Waals surface area contributed by atoms with E-state index in [-0.39, 0.29) is 24.4 Å². The molecule has 0 aromatic heterocycles. The van der Waals surface area contributed by atoms with Crippen molar-refractivity contribution in [3.05, 3.63) is 64.2 Å². The van der Waals surface area contributed by atoms with Gasteiger partial charge in [-0.15, -0.1) is 0 Å². The van der Waals surface area contributed by atoms with E-state index in [2.05, 4.69) is 5.32 Å². The third-order valence-corrected chi connectivity index (χ3v) is 6.11. The number of benzene rings is 2. The number of hydrogen-bond acceptors (Lipinski definition) is 5. The van der Waals surface area contributed by atoms with E-state index in [1.165, 1.54) is 12.0 Å². The number of nitrogens with one attached hydrogen (secondary N) is 1. The summed E-state index contributed by atoms with van der Waals surface area (Å²) in [5, 5.41) is 2.61. The minimum absolute atomic E-state index is 0.0516. The summed E-state index contributed by atoms with van der Waals surface area (Å²) in [5.41, 5.74) is 0.584. The maximum absolute atomic E-state index is 15.0. The number of rotatable bonds is 7. The number of anilines is 1. The molecule has 202 valence electrons. The fourth-order valence-electron chi connectivity index (χ4n) is 4.67. The second-order valence-electron chi connectivity index (χ2n) is 10.9. The Bertz CT molecular complexity index is 1140. The summed E-state index contributed by atoms with van der Waals surface area (Å²) in [6.45, 7) is 9.33. The highest BCUT2D eigenvalue weighted by molar-refractivity contribution is 5.98. The molecule has 2 aromatic rings. The van der Waals surface area contributed by atoms with Crippen molar-refractivity contribution in [1.82, 2.24) is 4.90 Å². The van der Waals surface area contributed by atoms with Gasteiger partial charge in [-0.05, 0) is 56.0 Å². The van der Waals surface area contributed by atoms with Crippen LogP contribution >= 0.6 is 0 Å². The molecule has 1 N–H and O–H groups in total. The predicted molar refractivity (Wildman–Crippen MR) is 136 cm³/mol. The van der Waals surface area contributed by atoms with Crippen LogP contribution in [0.3, 0.4) is 0 Å². The maximum Gasteiger partial charge on any atom is 0.411 e. The van der Waals surface area contributed by atoms with Crippen molar-refractivity contribution in [3.63, 3.8) is 0 Å². The lowest BCUT2D eigenvalue weighted by molar-refractivity contribution is -0.121. The van der Waals surface area contributed by atoms with Crippen LogP contribution in [-0.2, 0) is 37.4 Å². The Morgan fingerprint density at radius 1 is 1.03 bits per heavy atom. The molecule has 1 atom stereocenters. The van der Waals surface area contributed by atoms with Crippen LogP contribution in [0, 0.1) is 11.6 Å². The van der Waals surface area contributed by atoms with Crippen molar-refractivity contribution in [1.29, 1.82) is 0 Å². The molecule has 0 radical (unpaired) electrons. The zero-order chi connectivity index (χ0) is 27.5. The molecule has 2 amide bonds. The summed E-state index contributed by atoms with van der Waals surface area (Å²) in [4.78, 5) is 28.0. The second kappa shape index (κ2) is 11.1. The van der Waals surface area contributed by atoms with Crippen molar-refractivity contribution >= 4 is 17.7 Å². The van der Waals surface area contributed by atoms with E-state index in [0.29, 0.717) is 18.6 Å². The quantitative estimate of drug-likeness (QED) is 0.523. The van der Waals surface area contributed by atoms with E-state index >= 15 is 8.78 Å². The predicted octanol–water partition coefficient (Wildman–Crippen LogP) is 5.51. The summed E-state index contributed by atoms with van der Waals surface area (Å²) in [5.74, 6) is -2.20. The van der Waals surface area contributed by atoms with Gasteiger partial charge in [-0.25, -0.2) is 13.6 Å². The number of carbonyl (C=O) groups is 2. The minimum Gasteiger partial charge on any atom is -0.444 e. The average molecular weight is 519 g/mol. The van der Waals surface area contributed by atoms with Crippen LogP contribution in [0.25, 0.3) is 0 Å². The van der Waals surface area contributed by atoms with Gasteiger partial charge < -0.3 is 19.5 Å². The Labute approximate surface area is 217 Å². The number of halogens is 2. The highest BCUT2D eigenvalue weighted by atomic mass is 19.1. The van der Waals surface area contributed by atoms with Gasteiger partial charge in [-0.2, -0.15) is 0 Å². The fourth-order valence-corrected chi connectivity index (χ4v) is 4.67. The van der Waals surface area contributed by atoms with Gasteiger partial charge in [0.25, 0.3) is 5.91 Å². The molecule has 0 fully saturated rings. The Morgan fingerprint density at radius 2 is 1.68 bits per heavy atom.